The molecule has 2 N–H and O–H groups in total. The van der Waals surface area contributed by atoms with Crippen molar-refractivity contribution in [3.8, 4) is 0 Å². The van der Waals surface area contributed by atoms with Gasteiger partial charge in [0.1, 0.15) is 6.04 Å². The Labute approximate surface area is 123 Å². The molecule has 1 unspecified atom stereocenters. The second kappa shape index (κ2) is 8.04. The fourth-order valence-corrected chi connectivity index (χ4v) is 2.15. The lowest BCUT2D eigenvalue weighted by atomic mass is 10.1. The number of carbonyl (C=O) groups excluding carboxylic acids is 1. The highest BCUT2D eigenvalue weighted by atomic mass is 16.4. The van der Waals surface area contributed by atoms with Crippen molar-refractivity contribution in [3.05, 3.63) is 30.3 Å². The number of nitrogens with zero attached hydrogens (tertiary/aromatic N) is 1. The Hall–Kier alpha value is -2.37. The van der Waals surface area contributed by atoms with E-state index in [1.54, 1.807) is 30.3 Å². The topological polar surface area (TPSA) is 94.9 Å². The molecule has 21 heavy (non-hydrogen) atoms. The second-order valence-corrected chi connectivity index (χ2v) is 4.72. The highest BCUT2D eigenvalue weighted by Gasteiger charge is 2.28. The van der Waals surface area contributed by atoms with Crippen molar-refractivity contribution in [1.29, 1.82) is 0 Å². The van der Waals surface area contributed by atoms with Gasteiger partial charge in [-0.15, -0.1) is 0 Å². The zero-order valence-corrected chi connectivity index (χ0v) is 11.9. The molecule has 6 heteroatoms. The largest absolute Gasteiger partial charge is 0.481 e. The van der Waals surface area contributed by atoms with E-state index >= 15 is 0 Å². The Bertz CT molecular complexity index is 500. The molecule has 1 amide bonds. The SMILES string of the molecule is CC(=O)N(c1ccccc1)C(CCCCC(=O)O)C(=O)O. The van der Waals surface area contributed by atoms with Gasteiger partial charge < -0.3 is 10.2 Å². The van der Waals surface area contributed by atoms with Gasteiger partial charge in [-0.05, 0) is 25.0 Å². The predicted octanol–water partition coefficient (Wildman–Crippen LogP) is 2.14. The summed E-state index contributed by atoms with van der Waals surface area (Å²) >= 11 is 0. The predicted molar refractivity (Wildman–Crippen MR) is 77.1 cm³/mol. The third-order valence-electron chi connectivity index (χ3n) is 3.09. The molecule has 0 bridgehead atoms. The second-order valence-electron chi connectivity index (χ2n) is 4.72. The summed E-state index contributed by atoms with van der Waals surface area (Å²) in [7, 11) is 0. The molecule has 1 rings (SSSR count). The summed E-state index contributed by atoms with van der Waals surface area (Å²) in [6.07, 6.45) is 1.04. The zero-order chi connectivity index (χ0) is 15.8. The van der Waals surface area contributed by atoms with Crippen molar-refractivity contribution in [2.45, 2.75) is 38.6 Å². The van der Waals surface area contributed by atoms with Gasteiger partial charge in [-0.3, -0.25) is 14.5 Å². The molecule has 0 saturated heterocycles. The van der Waals surface area contributed by atoms with E-state index in [0.29, 0.717) is 18.5 Å². The lowest BCUT2D eigenvalue weighted by Crippen LogP contribution is -2.44. The first-order valence-corrected chi connectivity index (χ1v) is 6.73. The van der Waals surface area contributed by atoms with Gasteiger partial charge in [0.25, 0.3) is 0 Å². The van der Waals surface area contributed by atoms with Crippen LogP contribution in [0.4, 0.5) is 5.69 Å². The average Bonchev–Trinajstić information content (AvgIpc) is 2.42. The van der Waals surface area contributed by atoms with Crippen molar-refractivity contribution in [2.24, 2.45) is 0 Å². The van der Waals surface area contributed by atoms with Crippen molar-refractivity contribution in [2.75, 3.05) is 4.90 Å². The molecule has 0 radical (unpaired) electrons. The van der Waals surface area contributed by atoms with Crippen molar-refractivity contribution in [3.63, 3.8) is 0 Å². The van der Waals surface area contributed by atoms with E-state index in [4.69, 9.17) is 5.11 Å². The Morgan fingerprint density at radius 1 is 1.10 bits per heavy atom. The summed E-state index contributed by atoms with van der Waals surface area (Å²) < 4.78 is 0. The summed E-state index contributed by atoms with van der Waals surface area (Å²) in [6.45, 7) is 1.32. The van der Waals surface area contributed by atoms with Gasteiger partial charge in [0.2, 0.25) is 5.91 Å². The quantitative estimate of drug-likeness (QED) is 0.716. The summed E-state index contributed by atoms with van der Waals surface area (Å²) in [4.78, 5) is 34.9. The van der Waals surface area contributed by atoms with Gasteiger partial charge in [0, 0.05) is 19.0 Å². The van der Waals surface area contributed by atoms with E-state index in [0.717, 1.165) is 0 Å². The first-order valence-electron chi connectivity index (χ1n) is 6.73. The van der Waals surface area contributed by atoms with Crippen molar-refractivity contribution in [1.82, 2.24) is 0 Å². The summed E-state index contributed by atoms with van der Waals surface area (Å²) in [5.74, 6) is -2.36. The van der Waals surface area contributed by atoms with Crippen LogP contribution in [0.5, 0.6) is 0 Å². The molecule has 0 aliphatic rings. The smallest absolute Gasteiger partial charge is 0.326 e. The van der Waals surface area contributed by atoms with Gasteiger partial charge in [-0.25, -0.2) is 4.79 Å². The molecule has 0 fully saturated rings. The third kappa shape index (κ3) is 5.25. The fourth-order valence-electron chi connectivity index (χ4n) is 2.15. The van der Waals surface area contributed by atoms with Gasteiger partial charge in [-0.2, -0.15) is 0 Å². The van der Waals surface area contributed by atoms with E-state index in [1.807, 2.05) is 0 Å². The van der Waals surface area contributed by atoms with Gasteiger partial charge in [0.05, 0.1) is 0 Å². The maximum absolute atomic E-state index is 11.8. The number of rotatable bonds is 8. The number of aliphatic carboxylic acids is 2. The van der Waals surface area contributed by atoms with Crippen LogP contribution < -0.4 is 4.90 Å². The minimum atomic E-state index is -1.09. The minimum Gasteiger partial charge on any atom is -0.481 e. The molecule has 114 valence electrons. The molecule has 0 aromatic heterocycles. The van der Waals surface area contributed by atoms with Crippen molar-refractivity contribution < 1.29 is 24.6 Å². The molecule has 1 aromatic carbocycles. The lowest BCUT2D eigenvalue weighted by Gasteiger charge is -2.28. The Balaban J connectivity index is 2.82. The summed E-state index contributed by atoms with van der Waals surface area (Å²) in [5, 5.41) is 17.9. The molecule has 0 heterocycles. The number of benzene rings is 1. The number of para-hydroxylation sites is 1. The maximum Gasteiger partial charge on any atom is 0.326 e. The van der Waals surface area contributed by atoms with Crippen LogP contribution in [-0.4, -0.2) is 34.1 Å². The van der Waals surface area contributed by atoms with E-state index in [1.165, 1.54) is 11.8 Å². The zero-order valence-electron chi connectivity index (χ0n) is 11.9. The Morgan fingerprint density at radius 3 is 2.19 bits per heavy atom. The average molecular weight is 293 g/mol. The molecule has 0 spiro atoms. The molecule has 1 atom stereocenters. The number of carboxylic acid groups (broad SMARTS) is 2. The van der Waals surface area contributed by atoms with Crippen LogP contribution in [-0.2, 0) is 14.4 Å². The monoisotopic (exact) mass is 293 g/mol. The molecule has 6 nitrogen and oxygen atoms in total. The van der Waals surface area contributed by atoms with Gasteiger partial charge >= 0.3 is 11.9 Å². The first-order chi connectivity index (χ1) is 9.93. The number of unbranched alkanes of at least 4 members (excludes halogenated alkanes) is 1. The van der Waals surface area contributed by atoms with E-state index in [-0.39, 0.29) is 18.7 Å². The standard InChI is InChI=1S/C15H19NO5/c1-11(17)16(12-7-3-2-4-8-12)13(15(20)21)9-5-6-10-14(18)19/h2-4,7-8,13H,5-6,9-10H2,1H3,(H,18,19)(H,20,21). The maximum atomic E-state index is 11.8. The molecule has 1 aromatic rings. The normalized spacial score (nSPS) is 11.7. The molecule has 0 aliphatic carbocycles. The van der Waals surface area contributed by atoms with Crippen molar-refractivity contribution >= 4 is 23.5 Å². The van der Waals surface area contributed by atoms with E-state index < -0.39 is 18.0 Å². The highest BCUT2D eigenvalue weighted by Crippen LogP contribution is 2.20. The third-order valence-corrected chi connectivity index (χ3v) is 3.09. The highest BCUT2D eigenvalue weighted by molar-refractivity contribution is 5.97. The van der Waals surface area contributed by atoms with Crippen LogP contribution in [0.1, 0.15) is 32.6 Å². The van der Waals surface area contributed by atoms with Gasteiger partial charge in [0.15, 0.2) is 0 Å². The first kappa shape index (κ1) is 16.7. The molecule has 0 saturated carbocycles. The van der Waals surface area contributed by atoms with Gasteiger partial charge in [-0.1, -0.05) is 24.6 Å². The van der Waals surface area contributed by atoms with Crippen LogP contribution in [0.25, 0.3) is 0 Å². The van der Waals surface area contributed by atoms with Crippen LogP contribution in [0.2, 0.25) is 0 Å². The molecular weight excluding hydrogens is 274 g/mol. The number of carboxylic acids is 2. The van der Waals surface area contributed by atoms with Crippen LogP contribution >= 0.6 is 0 Å². The Morgan fingerprint density at radius 2 is 1.71 bits per heavy atom. The summed E-state index contributed by atoms with van der Waals surface area (Å²) in [5.41, 5.74) is 0.524. The van der Waals surface area contributed by atoms with Crippen LogP contribution in [0, 0.1) is 0 Å². The van der Waals surface area contributed by atoms with E-state index in [9.17, 15) is 19.5 Å². The summed E-state index contributed by atoms with van der Waals surface area (Å²) in [6, 6.07) is 7.61. The van der Waals surface area contributed by atoms with Crippen LogP contribution in [0.3, 0.4) is 0 Å². The number of amides is 1. The number of carbonyl (C=O) groups is 3. The van der Waals surface area contributed by atoms with Crippen LogP contribution in [0.15, 0.2) is 30.3 Å². The Kier molecular flexibility index (Phi) is 6.39. The number of hydrogen-bond acceptors (Lipinski definition) is 3. The molecular formula is C15H19NO5. The van der Waals surface area contributed by atoms with E-state index in [2.05, 4.69) is 0 Å². The fraction of sp³-hybridized carbons (Fsp3) is 0.400. The number of hydrogen-bond donors (Lipinski definition) is 2. The lowest BCUT2D eigenvalue weighted by molar-refractivity contribution is -0.140. The number of anilines is 1. The minimum absolute atomic E-state index is 0.00223. The molecule has 0 aliphatic heterocycles.